The molecular formula is C30H31N5O3. The summed E-state index contributed by atoms with van der Waals surface area (Å²) in [6.45, 7) is 6.62. The first-order valence-electron chi connectivity index (χ1n) is 12.8. The smallest absolute Gasteiger partial charge is 0.254 e. The van der Waals surface area contributed by atoms with Crippen LogP contribution >= 0.6 is 0 Å². The van der Waals surface area contributed by atoms with Gasteiger partial charge in [0.05, 0.1) is 17.9 Å². The van der Waals surface area contributed by atoms with Gasteiger partial charge in [0.15, 0.2) is 0 Å². The molecule has 1 N–H and O–H groups in total. The minimum absolute atomic E-state index is 0.154. The number of nitrogens with zero attached hydrogens (tertiary/aromatic N) is 4. The van der Waals surface area contributed by atoms with Crippen LogP contribution in [0.5, 0.6) is 11.6 Å². The maximum atomic E-state index is 13.0. The Morgan fingerprint density at radius 1 is 1.08 bits per heavy atom. The van der Waals surface area contributed by atoms with Crippen molar-refractivity contribution in [2.24, 2.45) is 0 Å². The largest absolute Gasteiger partial charge is 0.438 e. The number of benzene rings is 2. The molecule has 2 aromatic heterocycles. The van der Waals surface area contributed by atoms with Crippen molar-refractivity contribution in [1.29, 1.82) is 0 Å². The van der Waals surface area contributed by atoms with E-state index < -0.39 is 6.10 Å². The summed E-state index contributed by atoms with van der Waals surface area (Å²) in [5.41, 5.74) is 4.33. The van der Waals surface area contributed by atoms with Crippen molar-refractivity contribution < 1.29 is 14.3 Å². The summed E-state index contributed by atoms with van der Waals surface area (Å²) in [5.74, 6) is 1.72. The lowest BCUT2D eigenvalue weighted by Gasteiger charge is -2.32. The van der Waals surface area contributed by atoms with Crippen LogP contribution in [-0.4, -0.2) is 51.6 Å². The molecule has 194 valence electrons. The summed E-state index contributed by atoms with van der Waals surface area (Å²) < 4.78 is 12.0. The van der Waals surface area contributed by atoms with Crippen molar-refractivity contribution in [2.45, 2.75) is 32.9 Å². The zero-order valence-corrected chi connectivity index (χ0v) is 21.6. The van der Waals surface area contributed by atoms with Gasteiger partial charge >= 0.3 is 0 Å². The van der Waals surface area contributed by atoms with Gasteiger partial charge in [-0.05, 0) is 54.4 Å². The Morgan fingerprint density at radius 3 is 2.76 bits per heavy atom. The number of ether oxygens (including phenoxy) is 2. The number of hydrogen-bond donors (Lipinski definition) is 1. The molecule has 1 atom stereocenters. The molecule has 4 aromatic rings. The minimum Gasteiger partial charge on any atom is -0.438 e. The predicted molar refractivity (Wildman–Crippen MR) is 146 cm³/mol. The topological polar surface area (TPSA) is 89.5 Å². The summed E-state index contributed by atoms with van der Waals surface area (Å²) in [5, 5.41) is 3.00. The zero-order valence-electron chi connectivity index (χ0n) is 21.6. The number of carbonyl (C=O) groups excluding carboxylic acids is 1. The summed E-state index contributed by atoms with van der Waals surface area (Å²) in [4.78, 5) is 28.6. The van der Waals surface area contributed by atoms with E-state index in [-0.39, 0.29) is 5.91 Å². The quantitative estimate of drug-likeness (QED) is 0.356. The minimum atomic E-state index is -0.527. The van der Waals surface area contributed by atoms with Gasteiger partial charge in [-0.1, -0.05) is 37.3 Å². The third-order valence-corrected chi connectivity index (χ3v) is 6.41. The van der Waals surface area contributed by atoms with Crippen LogP contribution in [0, 0.1) is 6.92 Å². The normalized spacial score (nSPS) is 15.7. The monoisotopic (exact) mass is 509 g/mol. The molecule has 0 radical (unpaired) electrons. The average molecular weight is 510 g/mol. The molecule has 0 saturated carbocycles. The van der Waals surface area contributed by atoms with E-state index >= 15 is 0 Å². The zero-order chi connectivity index (χ0) is 26.3. The van der Waals surface area contributed by atoms with E-state index in [4.69, 9.17) is 9.47 Å². The van der Waals surface area contributed by atoms with E-state index in [0.29, 0.717) is 30.5 Å². The lowest BCUT2D eigenvalue weighted by Crippen LogP contribution is -2.47. The van der Waals surface area contributed by atoms with Gasteiger partial charge < -0.3 is 14.8 Å². The summed E-state index contributed by atoms with van der Waals surface area (Å²) in [6, 6.07) is 21.5. The number of aromatic nitrogens is 3. The molecule has 1 unspecified atom stereocenters. The Kier molecular flexibility index (Phi) is 8.01. The highest BCUT2D eigenvalue weighted by atomic mass is 16.5. The van der Waals surface area contributed by atoms with E-state index in [1.54, 1.807) is 12.4 Å². The first-order chi connectivity index (χ1) is 18.6. The maximum Gasteiger partial charge on any atom is 0.254 e. The van der Waals surface area contributed by atoms with Crippen LogP contribution in [0.25, 0.3) is 11.3 Å². The summed E-state index contributed by atoms with van der Waals surface area (Å²) in [6.07, 6.45) is 3.65. The molecule has 2 aromatic carbocycles. The molecule has 8 nitrogen and oxygen atoms in total. The third kappa shape index (κ3) is 6.22. The lowest BCUT2D eigenvalue weighted by molar-refractivity contribution is -0.133. The highest BCUT2D eigenvalue weighted by molar-refractivity contribution is 5.94. The van der Waals surface area contributed by atoms with Gasteiger partial charge in [-0.15, -0.1) is 0 Å². The van der Waals surface area contributed by atoms with Crippen LogP contribution in [0.3, 0.4) is 0 Å². The van der Waals surface area contributed by atoms with Crippen LogP contribution in [0.4, 0.5) is 5.69 Å². The fourth-order valence-electron chi connectivity index (χ4n) is 4.40. The van der Waals surface area contributed by atoms with Crippen molar-refractivity contribution in [3.8, 4) is 22.9 Å². The van der Waals surface area contributed by atoms with Gasteiger partial charge in [0.25, 0.3) is 5.91 Å². The van der Waals surface area contributed by atoms with Crippen molar-refractivity contribution in [1.82, 2.24) is 19.9 Å². The Hall–Kier alpha value is -4.14. The fourth-order valence-corrected chi connectivity index (χ4v) is 4.40. The number of nitrogens with one attached hydrogen (secondary N) is 1. The molecule has 38 heavy (non-hydrogen) atoms. The second-order valence-electron chi connectivity index (χ2n) is 9.22. The molecule has 1 aliphatic rings. The van der Waals surface area contributed by atoms with E-state index in [2.05, 4.69) is 37.3 Å². The number of morpholine rings is 1. The Bertz CT molecular complexity index is 1400. The number of amides is 1. The van der Waals surface area contributed by atoms with Crippen LogP contribution in [0.1, 0.15) is 23.9 Å². The van der Waals surface area contributed by atoms with Gasteiger partial charge in [0.2, 0.25) is 5.88 Å². The van der Waals surface area contributed by atoms with Crippen molar-refractivity contribution >= 4 is 11.6 Å². The second-order valence-corrected chi connectivity index (χ2v) is 9.22. The molecule has 3 heterocycles. The van der Waals surface area contributed by atoms with Gasteiger partial charge in [0.1, 0.15) is 17.7 Å². The van der Waals surface area contributed by atoms with Crippen molar-refractivity contribution in [3.05, 3.63) is 96.1 Å². The molecular weight excluding hydrogens is 478 g/mol. The van der Waals surface area contributed by atoms with Crippen LogP contribution in [0.2, 0.25) is 0 Å². The van der Waals surface area contributed by atoms with Gasteiger partial charge in [-0.2, -0.15) is 0 Å². The predicted octanol–water partition coefficient (Wildman–Crippen LogP) is 5.04. The molecule has 0 aliphatic carbocycles. The van der Waals surface area contributed by atoms with Gasteiger partial charge in [0, 0.05) is 44.1 Å². The lowest BCUT2D eigenvalue weighted by atomic mass is 10.1. The Morgan fingerprint density at radius 2 is 1.95 bits per heavy atom. The second kappa shape index (κ2) is 11.9. The number of rotatable bonds is 8. The molecule has 0 spiro atoms. The number of hydrogen-bond acceptors (Lipinski definition) is 7. The van der Waals surface area contributed by atoms with Crippen molar-refractivity contribution in [2.75, 3.05) is 25.0 Å². The number of carbonyl (C=O) groups is 1. The maximum absolute atomic E-state index is 13.0. The third-order valence-electron chi connectivity index (χ3n) is 6.41. The molecule has 1 saturated heterocycles. The number of pyridine rings is 1. The fraction of sp³-hybridized carbons (Fsp3) is 0.267. The standard InChI is InChI=1S/C30H31N5O3/c1-3-28-31-15-13-25(34-28)24-10-7-14-32-30(24)38-26-12-11-23(18-21(26)2)33-29(36)27-20-35(16-17-37-27)19-22-8-5-4-6-9-22/h4-15,18,27H,3,16-17,19-20H2,1-2H3,(H,33,36). The van der Waals surface area contributed by atoms with Crippen LogP contribution < -0.4 is 10.1 Å². The molecule has 1 fully saturated rings. The SMILES string of the molecule is CCc1nccc(-c2cccnc2Oc2ccc(NC(=O)C3CN(Cc4ccccc4)CCO3)cc2C)n1. The van der Waals surface area contributed by atoms with E-state index in [1.807, 2.05) is 68.4 Å². The highest BCUT2D eigenvalue weighted by Gasteiger charge is 2.27. The van der Waals surface area contributed by atoms with Crippen molar-refractivity contribution in [3.63, 3.8) is 0 Å². The molecule has 8 heteroatoms. The first kappa shape index (κ1) is 25.5. The van der Waals surface area contributed by atoms with E-state index in [0.717, 1.165) is 42.2 Å². The number of anilines is 1. The first-order valence-corrected chi connectivity index (χ1v) is 12.8. The summed E-state index contributed by atoms with van der Waals surface area (Å²) >= 11 is 0. The average Bonchev–Trinajstić information content (AvgIpc) is 2.95. The van der Waals surface area contributed by atoms with E-state index in [9.17, 15) is 4.79 Å². The van der Waals surface area contributed by atoms with Gasteiger partial charge in [-0.25, -0.2) is 15.0 Å². The van der Waals surface area contributed by atoms with Crippen LogP contribution in [0.15, 0.2) is 79.1 Å². The molecule has 1 amide bonds. The molecule has 1 aliphatic heterocycles. The number of aryl methyl sites for hydroxylation is 2. The Labute approximate surface area is 222 Å². The summed E-state index contributed by atoms with van der Waals surface area (Å²) in [7, 11) is 0. The van der Waals surface area contributed by atoms with Gasteiger partial charge in [-0.3, -0.25) is 9.69 Å². The Balaban J connectivity index is 1.24. The molecule has 5 rings (SSSR count). The highest BCUT2D eigenvalue weighted by Crippen LogP contribution is 2.32. The molecule has 0 bridgehead atoms. The van der Waals surface area contributed by atoms with Crippen LogP contribution in [-0.2, 0) is 22.5 Å². The van der Waals surface area contributed by atoms with E-state index in [1.165, 1.54) is 5.56 Å².